The first-order valence-electron chi connectivity index (χ1n) is 1.81. The Morgan fingerprint density at radius 3 is 1.29 bits per heavy atom. The lowest BCUT2D eigenvalue weighted by molar-refractivity contribution is 2.18. The van der Waals surface area contributed by atoms with Crippen LogP contribution in [0.1, 0.15) is 0 Å². The lowest BCUT2D eigenvalue weighted by atomic mass is 11.9. The van der Waals surface area contributed by atoms with Crippen LogP contribution in [0.5, 0.6) is 0 Å². The Kier molecular flexibility index (Phi) is 3.46. The molecule has 0 saturated heterocycles. The van der Waals surface area contributed by atoms with Crippen LogP contribution in [-0.4, -0.2) is 18.8 Å². The van der Waals surface area contributed by atoms with Crippen molar-refractivity contribution in [3.8, 4) is 0 Å². The van der Waals surface area contributed by atoms with Crippen molar-refractivity contribution in [1.29, 1.82) is 0 Å². The molecule has 7 heavy (non-hydrogen) atoms. The van der Waals surface area contributed by atoms with E-state index < -0.39 is 9.65 Å². The highest BCUT2D eigenvalue weighted by atomic mass is 33.4. The third-order valence-corrected chi connectivity index (χ3v) is 13.2. The number of thiol groups is 2. The van der Waals surface area contributed by atoms with E-state index in [4.69, 9.17) is 0 Å². The minimum Gasteiger partial charge on any atom is -0.212 e. The molecule has 4 heteroatoms. The predicted octanol–water partition coefficient (Wildman–Crippen LogP) is 2.77. The van der Waals surface area contributed by atoms with Gasteiger partial charge in [-0.05, 0) is 18.8 Å². The Morgan fingerprint density at radius 1 is 1.14 bits per heavy atom. The molecule has 0 aliphatic rings. The summed E-state index contributed by atoms with van der Waals surface area (Å²) in [6, 6.07) is 0. The van der Waals surface area contributed by atoms with Crippen molar-refractivity contribution in [3.63, 3.8) is 0 Å². The van der Waals surface area contributed by atoms with E-state index in [-0.39, 0.29) is 5.53 Å². The molecule has 0 N–H and O–H groups in total. The van der Waals surface area contributed by atoms with Crippen LogP contribution in [0.3, 0.4) is 0 Å². The van der Waals surface area contributed by atoms with E-state index >= 15 is 0 Å². The predicted molar refractivity (Wildman–Crippen MR) is 50.3 cm³/mol. The zero-order valence-corrected chi connectivity index (χ0v) is 8.25. The minimum atomic E-state index is -0.448. The van der Waals surface area contributed by atoms with Crippen molar-refractivity contribution in [2.75, 3.05) is 18.8 Å². The smallest absolute Gasteiger partial charge is 0.0482 e. The van der Waals surface area contributed by atoms with Crippen LogP contribution < -0.4 is 0 Å². The van der Waals surface area contributed by atoms with Gasteiger partial charge in [0.15, 0.2) is 0 Å². The molecule has 0 aromatic carbocycles. The average Bonchev–Trinajstić information content (AvgIpc) is 1.31. The number of rotatable bonds is 1. The molecule has 0 aromatic rings. The maximum Gasteiger partial charge on any atom is 0.0482 e. The van der Waals surface area contributed by atoms with Gasteiger partial charge in [-0.2, -0.15) is 0 Å². The largest absolute Gasteiger partial charge is 0.212 e. The van der Waals surface area contributed by atoms with Crippen molar-refractivity contribution in [2.45, 2.75) is 0 Å². The second kappa shape index (κ2) is 2.86. The molecular weight excluding hydrogens is 163 g/mol. The van der Waals surface area contributed by atoms with Crippen LogP contribution in [-0.2, 0) is 0 Å². The third kappa shape index (κ3) is 4.01. The molecule has 0 rings (SSSR count). The Balaban J connectivity index is 3.54. The van der Waals surface area contributed by atoms with Gasteiger partial charge in [0, 0.05) is 5.53 Å². The van der Waals surface area contributed by atoms with Gasteiger partial charge in [0.05, 0.1) is 0 Å². The summed E-state index contributed by atoms with van der Waals surface area (Å²) in [4.78, 5) is 0. The molecule has 0 aliphatic carbocycles. The fraction of sp³-hybridized carbons (Fsp3) is 1.00. The van der Waals surface area contributed by atoms with Crippen molar-refractivity contribution < 1.29 is 0 Å². The number of hydrogen-bond acceptors (Lipinski definition) is 2. The first kappa shape index (κ1) is 8.48. The van der Waals surface area contributed by atoms with E-state index in [2.05, 4.69) is 43.3 Å². The Hall–Kier alpha value is 1.48. The van der Waals surface area contributed by atoms with Crippen molar-refractivity contribution >= 4 is 39.7 Å². The molecule has 0 saturated carbocycles. The van der Waals surface area contributed by atoms with Crippen LogP contribution in [0.15, 0.2) is 0 Å². The van der Waals surface area contributed by atoms with Crippen molar-refractivity contribution in [1.82, 2.24) is 0 Å². The van der Waals surface area contributed by atoms with E-state index in [1.165, 1.54) is 0 Å². The van der Waals surface area contributed by atoms with E-state index in [0.29, 0.717) is 0 Å². The fourth-order valence-electron chi connectivity index (χ4n) is 0. The molecule has 0 fully saturated rings. The van der Waals surface area contributed by atoms with Gasteiger partial charge in [-0.25, -0.2) is 9.65 Å². The molecule has 0 aromatic heterocycles. The van der Waals surface area contributed by atoms with Crippen LogP contribution in [0.2, 0.25) is 0 Å². The lowest BCUT2D eigenvalue weighted by Crippen LogP contribution is -1.79. The summed E-state index contributed by atoms with van der Waals surface area (Å²) in [6.07, 6.45) is 6.66. The summed E-state index contributed by atoms with van der Waals surface area (Å²) in [5.41, 5.74) is -0.269. The second-order valence-electron chi connectivity index (χ2n) is 2.03. The topological polar surface area (TPSA) is 0 Å². The number of hydrogen-bond donors (Lipinski definition) is 2. The average molecular weight is 174 g/mol. The summed E-state index contributed by atoms with van der Waals surface area (Å²) < 4.78 is 0. The van der Waals surface area contributed by atoms with Gasteiger partial charge >= 0.3 is 0 Å². The van der Waals surface area contributed by atoms with Gasteiger partial charge in [-0.3, -0.25) is 0 Å². The molecule has 0 unspecified atom stereocenters. The highest BCUT2D eigenvalue weighted by Crippen LogP contribution is 2.75. The Bertz CT molecular complexity index is 55.7. The second-order valence-corrected chi connectivity index (χ2v) is 15.4. The molecule has 0 bridgehead atoms. The zero-order chi connectivity index (χ0) is 6.08. The summed E-state index contributed by atoms with van der Waals surface area (Å²) >= 11 is 8.49. The molecule has 0 aliphatic heterocycles. The highest BCUT2D eigenvalue weighted by molar-refractivity contribution is 9.14. The molecule has 46 valence electrons. The summed E-state index contributed by atoms with van der Waals surface area (Å²) in [7, 11) is -0.448. The molecule has 0 radical (unpaired) electrons. The zero-order valence-electron chi connectivity index (χ0n) is 4.75. The quantitative estimate of drug-likeness (QED) is 0.443. The summed E-state index contributed by atoms with van der Waals surface area (Å²) in [5.74, 6) is 0. The molecule has 0 spiro atoms. The van der Waals surface area contributed by atoms with Gasteiger partial charge < -0.3 is 0 Å². The van der Waals surface area contributed by atoms with E-state index in [1.807, 2.05) is 0 Å². The molecule has 0 heterocycles. The maximum absolute atomic E-state index is 4.24. The maximum atomic E-state index is 4.24. The normalized spacial score (nSPS) is 15.1. The first-order valence-corrected chi connectivity index (χ1v) is 8.92. The fourth-order valence-corrected chi connectivity index (χ4v) is 0. The van der Waals surface area contributed by atoms with Crippen LogP contribution in [0, 0.1) is 0 Å². The van der Waals surface area contributed by atoms with Crippen LogP contribution in [0.25, 0.3) is 0 Å². The summed E-state index contributed by atoms with van der Waals surface area (Å²) in [6.45, 7) is 0. The molecule has 0 atom stereocenters. The standard InChI is InChI=1S/C3H11PS3/c1-7(2,3)4(5)6/h5-6H,1-3H3. The van der Waals surface area contributed by atoms with E-state index in [0.717, 1.165) is 0 Å². The third-order valence-electron chi connectivity index (χ3n) is 0.490. The van der Waals surface area contributed by atoms with Gasteiger partial charge in [0.1, 0.15) is 0 Å². The van der Waals surface area contributed by atoms with Gasteiger partial charge in [-0.1, -0.05) is 0 Å². The first-order chi connectivity index (χ1) is 2.94. The Morgan fingerprint density at radius 2 is 1.29 bits per heavy atom. The molecule has 0 amide bonds. The summed E-state index contributed by atoms with van der Waals surface area (Å²) in [5, 5.41) is 0. The van der Waals surface area contributed by atoms with E-state index in [1.54, 1.807) is 0 Å². The minimum absolute atomic E-state index is 0.269. The van der Waals surface area contributed by atoms with Gasteiger partial charge in [-0.15, -0.1) is 24.5 Å². The SMILES string of the molecule is CS(C)(C)P(S)S. The van der Waals surface area contributed by atoms with E-state index in [9.17, 15) is 0 Å². The Labute approximate surface area is 58.6 Å². The van der Waals surface area contributed by atoms with Crippen molar-refractivity contribution in [2.24, 2.45) is 0 Å². The molecule has 0 nitrogen and oxygen atoms in total. The lowest BCUT2D eigenvalue weighted by Gasteiger charge is -2.27. The van der Waals surface area contributed by atoms with Crippen LogP contribution >= 0.6 is 39.7 Å². The highest BCUT2D eigenvalue weighted by Gasteiger charge is 2.09. The van der Waals surface area contributed by atoms with Crippen LogP contribution in [0.4, 0.5) is 0 Å². The van der Waals surface area contributed by atoms with Gasteiger partial charge in [0.2, 0.25) is 0 Å². The van der Waals surface area contributed by atoms with Crippen molar-refractivity contribution in [3.05, 3.63) is 0 Å². The molecular formula is C3H11PS3. The monoisotopic (exact) mass is 174 g/mol. The van der Waals surface area contributed by atoms with Gasteiger partial charge in [0.25, 0.3) is 0 Å².